The molecule has 2 fully saturated rings. The molecule has 18 heteroatoms. The Bertz CT molecular complexity index is 2650. The third-order valence-electron chi connectivity index (χ3n) is 11.4. The number of pyridine rings is 2. The molecule has 3 aliphatic rings. The summed E-state index contributed by atoms with van der Waals surface area (Å²) in [6, 6.07) is 13.0. The van der Waals surface area contributed by atoms with E-state index in [2.05, 4.69) is 44.2 Å². The lowest BCUT2D eigenvalue weighted by Gasteiger charge is -2.35. The van der Waals surface area contributed by atoms with Crippen molar-refractivity contribution in [3.8, 4) is 28.1 Å². The minimum Gasteiger partial charge on any atom is -0.480 e. The summed E-state index contributed by atoms with van der Waals surface area (Å²) < 4.78 is 13.7. The second kappa shape index (κ2) is 16.5. The molecule has 15 nitrogen and oxygen atoms in total. The van der Waals surface area contributed by atoms with Crippen molar-refractivity contribution in [2.45, 2.75) is 65.0 Å². The molecule has 1 aromatic carbocycles. The number of fused-ring (bicyclic) bond motifs is 4. The number of aromatic amines is 1. The second-order valence-corrected chi connectivity index (χ2v) is 17.3. The summed E-state index contributed by atoms with van der Waals surface area (Å²) in [5, 5.41) is 13.9. The lowest BCUT2D eigenvalue weighted by atomic mass is 9.96. The number of ether oxygens (including phenoxy) is 2. The maximum absolute atomic E-state index is 13.5. The Kier molecular flexibility index (Phi) is 10.9. The van der Waals surface area contributed by atoms with E-state index < -0.39 is 6.04 Å². The maximum Gasteiger partial charge on any atom is 0.296 e. The number of H-pyrrole nitrogens is 1. The quantitative estimate of drug-likeness (QED) is 0.139. The van der Waals surface area contributed by atoms with Gasteiger partial charge in [0.25, 0.3) is 6.01 Å². The number of nitrogens with zero attached hydrogens (tertiary/aromatic N) is 9. The number of anilines is 1. The summed E-state index contributed by atoms with van der Waals surface area (Å²) in [5.74, 6) is 2.16. The second-order valence-electron chi connectivity index (χ2n) is 15.2. The van der Waals surface area contributed by atoms with Gasteiger partial charge in [0.05, 0.1) is 41.0 Å². The van der Waals surface area contributed by atoms with Gasteiger partial charge in [0.15, 0.2) is 11.5 Å². The number of carbonyl (C=O) groups excluding carboxylic acids is 2. The van der Waals surface area contributed by atoms with Gasteiger partial charge < -0.3 is 29.6 Å². The van der Waals surface area contributed by atoms with Gasteiger partial charge in [0, 0.05) is 60.2 Å². The molecular formula is C42H43Cl2N11O4S. The molecule has 60 heavy (non-hydrogen) atoms. The van der Waals surface area contributed by atoms with Gasteiger partial charge in [0.2, 0.25) is 17.7 Å². The average molecular weight is 869 g/mol. The minimum absolute atomic E-state index is 0.0327. The summed E-state index contributed by atoms with van der Waals surface area (Å²) in [6.07, 6.45) is 3.60. The van der Waals surface area contributed by atoms with E-state index in [0.29, 0.717) is 76.4 Å². The summed E-state index contributed by atoms with van der Waals surface area (Å²) in [5.41, 5.74) is 6.13. The first-order valence-corrected chi connectivity index (χ1v) is 21.6. The van der Waals surface area contributed by atoms with E-state index in [4.69, 9.17) is 47.6 Å². The number of rotatable bonds is 11. The smallest absolute Gasteiger partial charge is 0.296 e. The number of carbonyl (C=O) groups is 2. The van der Waals surface area contributed by atoms with Crippen molar-refractivity contribution >= 4 is 69.0 Å². The van der Waals surface area contributed by atoms with Crippen LogP contribution in [0.15, 0.2) is 47.5 Å². The van der Waals surface area contributed by atoms with E-state index in [0.717, 1.165) is 58.3 Å². The van der Waals surface area contributed by atoms with Crippen LogP contribution in [-0.4, -0.2) is 103 Å². The van der Waals surface area contributed by atoms with Crippen molar-refractivity contribution in [2.75, 3.05) is 44.7 Å². The van der Waals surface area contributed by atoms with E-state index in [-0.39, 0.29) is 37.3 Å². The zero-order valence-corrected chi connectivity index (χ0v) is 35.9. The number of aryl methyl sites for hydroxylation is 2. The standard InChI is InChI=1S/C42H43Cl2N11O4S/c1-22-23(2)60-41-35(22)36(25-8-10-26(43)11-9-25)46-31(39-52-51-24(3)55(39)41)21-33(56)45-15-14-34(57)54-18-16-53(17-19-54)32-13-12-28(40(48-32)58-4)37-29(44)20-30-38(49-37)50-42(47-30)59-27-6-5-7-27/h8-13,20,27,31H,5-7,14-19,21H2,1-4H3,(H,45,56)(H,47,49,50)/t31-/m0/s1. The average Bonchev–Trinajstić information content (AvgIpc) is 3.88. The largest absolute Gasteiger partial charge is 0.480 e. The number of piperazine rings is 1. The van der Waals surface area contributed by atoms with Gasteiger partial charge in [-0.25, -0.2) is 4.98 Å². The van der Waals surface area contributed by atoms with E-state index in [9.17, 15) is 9.59 Å². The van der Waals surface area contributed by atoms with Gasteiger partial charge in [-0.3, -0.25) is 19.1 Å². The molecule has 2 amide bonds. The fourth-order valence-corrected chi connectivity index (χ4v) is 9.35. The van der Waals surface area contributed by atoms with Crippen LogP contribution in [0.1, 0.15) is 71.4 Å². The molecule has 1 saturated carbocycles. The number of benzene rings is 1. The summed E-state index contributed by atoms with van der Waals surface area (Å²) in [4.78, 5) is 54.3. The van der Waals surface area contributed by atoms with Crippen LogP contribution in [0, 0.1) is 20.8 Å². The first-order valence-electron chi connectivity index (χ1n) is 20.0. The van der Waals surface area contributed by atoms with Crippen LogP contribution >= 0.6 is 34.5 Å². The van der Waals surface area contributed by atoms with Crippen LogP contribution in [0.25, 0.3) is 27.4 Å². The fourth-order valence-electron chi connectivity index (χ4n) is 7.76. The Morgan fingerprint density at radius 3 is 2.50 bits per heavy atom. The van der Waals surface area contributed by atoms with Gasteiger partial charge in [0.1, 0.15) is 28.8 Å². The summed E-state index contributed by atoms with van der Waals surface area (Å²) in [6.45, 7) is 8.46. The lowest BCUT2D eigenvalue weighted by Crippen LogP contribution is -2.49. The molecule has 0 bridgehead atoms. The molecule has 1 atom stereocenters. The minimum atomic E-state index is -0.598. The third kappa shape index (κ3) is 7.67. The molecule has 0 spiro atoms. The molecule has 6 aromatic rings. The fraction of sp³-hybridized carbons (Fsp3) is 0.381. The molecule has 5 aromatic heterocycles. The number of nitrogens with one attached hydrogen (secondary N) is 2. The van der Waals surface area contributed by atoms with E-state index in [1.54, 1.807) is 24.5 Å². The number of hydrogen-bond donors (Lipinski definition) is 2. The van der Waals surface area contributed by atoms with Gasteiger partial charge in [-0.05, 0) is 75.9 Å². The zero-order chi connectivity index (χ0) is 41.7. The van der Waals surface area contributed by atoms with E-state index in [1.807, 2.05) is 52.8 Å². The molecular weight excluding hydrogens is 826 g/mol. The number of aliphatic imine (C=N–C) groups is 1. The van der Waals surface area contributed by atoms with Crippen LogP contribution in [0.4, 0.5) is 5.82 Å². The molecule has 9 rings (SSSR count). The number of aromatic nitrogens is 7. The zero-order valence-electron chi connectivity index (χ0n) is 33.6. The lowest BCUT2D eigenvalue weighted by molar-refractivity contribution is -0.131. The normalized spacial score (nSPS) is 16.5. The number of halogens is 2. The number of hydrogen-bond acceptors (Lipinski definition) is 12. The number of methoxy groups -OCH3 is 1. The van der Waals surface area contributed by atoms with E-state index in [1.165, 1.54) is 4.88 Å². The number of thiophene rings is 1. The van der Waals surface area contributed by atoms with Gasteiger partial charge in [-0.2, -0.15) is 9.97 Å². The van der Waals surface area contributed by atoms with Crippen LogP contribution in [0.5, 0.6) is 11.9 Å². The molecule has 0 unspecified atom stereocenters. The molecule has 1 saturated heterocycles. The maximum atomic E-state index is 13.5. The van der Waals surface area contributed by atoms with Crippen molar-refractivity contribution in [1.82, 2.24) is 44.9 Å². The van der Waals surface area contributed by atoms with Gasteiger partial charge >= 0.3 is 0 Å². The summed E-state index contributed by atoms with van der Waals surface area (Å²) in [7, 11) is 1.56. The Labute approximate surface area is 360 Å². The molecule has 0 radical (unpaired) electrons. The molecule has 2 N–H and O–H groups in total. The first-order chi connectivity index (χ1) is 29.0. The van der Waals surface area contributed by atoms with Crippen molar-refractivity contribution in [1.29, 1.82) is 0 Å². The number of imidazole rings is 1. The summed E-state index contributed by atoms with van der Waals surface area (Å²) >= 11 is 14.6. The van der Waals surface area contributed by atoms with Crippen molar-refractivity contribution < 1.29 is 19.1 Å². The highest BCUT2D eigenvalue weighted by Crippen LogP contribution is 2.40. The monoisotopic (exact) mass is 867 g/mol. The highest BCUT2D eigenvalue weighted by atomic mass is 35.5. The van der Waals surface area contributed by atoms with Crippen LogP contribution in [0.2, 0.25) is 10.0 Å². The molecule has 7 heterocycles. The van der Waals surface area contributed by atoms with Crippen LogP contribution in [-0.2, 0) is 9.59 Å². The Balaban J connectivity index is 0.816. The van der Waals surface area contributed by atoms with Gasteiger partial charge in [-0.1, -0.05) is 35.3 Å². The van der Waals surface area contributed by atoms with Crippen molar-refractivity contribution in [3.63, 3.8) is 0 Å². The highest BCUT2D eigenvalue weighted by Gasteiger charge is 2.33. The number of amides is 2. The van der Waals surface area contributed by atoms with Crippen LogP contribution < -0.4 is 19.7 Å². The van der Waals surface area contributed by atoms with E-state index >= 15 is 0 Å². The van der Waals surface area contributed by atoms with Crippen LogP contribution in [0.3, 0.4) is 0 Å². The Morgan fingerprint density at radius 1 is 0.983 bits per heavy atom. The SMILES string of the molecule is COc1nc(N2CCN(C(=O)CCNC(=O)C[C@@H]3N=C(c4ccc(Cl)cc4)c4c(sc(C)c4C)-n4c(C)nnc43)CC2)ccc1-c1nc2nc(OC3CCC3)[nH]c2cc1Cl. The van der Waals surface area contributed by atoms with Crippen molar-refractivity contribution in [3.05, 3.63) is 85.7 Å². The molecule has 310 valence electrons. The topological polar surface area (TPSA) is 169 Å². The highest BCUT2D eigenvalue weighted by molar-refractivity contribution is 7.15. The Morgan fingerprint density at radius 2 is 1.77 bits per heavy atom. The Hall–Kier alpha value is -5.58. The third-order valence-corrected chi connectivity index (χ3v) is 13.1. The first kappa shape index (κ1) is 39.9. The predicted molar refractivity (Wildman–Crippen MR) is 231 cm³/mol. The molecule has 2 aliphatic heterocycles. The predicted octanol–water partition coefficient (Wildman–Crippen LogP) is 6.97. The van der Waals surface area contributed by atoms with Crippen molar-refractivity contribution in [2.24, 2.45) is 4.99 Å². The molecule has 1 aliphatic carbocycles. The van der Waals surface area contributed by atoms with Gasteiger partial charge in [-0.15, -0.1) is 21.5 Å².